The summed E-state index contributed by atoms with van der Waals surface area (Å²) >= 11 is 0. The molecular weight excluding hydrogens is 275 g/mol. The lowest BCUT2D eigenvalue weighted by molar-refractivity contribution is -0.118. The number of nitrogens with one attached hydrogen (secondary N) is 2. The number of anilines is 2. The van der Waals surface area contributed by atoms with Gasteiger partial charge in [0.2, 0.25) is 0 Å². The lowest BCUT2D eigenvalue weighted by Crippen LogP contribution is -2.27. The minimum atomic E-state index is -0.455. The molecule has 2 N–H and O–H groups in total. The highest BCUT2D eigenvalue weighted by molar-refractivity contribution is 6.11. The van der Waals surface area contributed by atoms with Crippen LogP contribution in [-0.4, -0.2) is 18.4 Å². The van der Waals surface area contributed by atoms with E-state index < -0.39 is 11.7 Å². The summed E-state index contributed by atoms with van der Waals surface area (Å²) in [6.07, 6.45) is 0. The Labute approximate surface area is 119 Å². The van der Waals surface area contributed by atoms with Crippen molar-refractivity contribution < 1.29 is 18.7 Å². The SMILES string of the molecule is O=C1COc2cccc(C(=O)Nc3cccc(F)c3)c2N1. The minimum Gasteiger partial charge on any atom is -0.482 e. The Hall–Kier alpha value is -2.89. The van der Waals surface area contributed by atoms with E-state index in [1.54, 1.807) is 24.3 Å². The van der Waals surface area contributed by atoms with Gasteiger partial charge in [0.25, 0.3) is 11.8 Å². The summed E-state index contributed by atoms with van der Waals surface area (Å²) in [7, 11) is 0. The molecule has 0 radical (unpaired) electrons. The van der Waals surface area contributed by atoms with Crippen LogP contribution in [0, 0.1) is 5.82 Å². The normalized spacial score (nSPS) is 12.9. The number of hydrogen-bond acceptors (Lipinski definition) is 3. The Morgan fingerprint density at radius 1 is 1.24 bits per heavy atom. The topological polar surface area (TPSA) is 67.4 Å². The third kappa shape index (κ3) is 2.69. The Morgan fingerprint density at radius 2 is 2.05 bits per heavy atom. The summed E-state index contributed by atoms with van der Waals surface area (Å²) in [6, 6.07) is 10.4. The molecule has 2 aromatic rings. The fraction of sp³-hybridized carbons (Fsp3) is 0.0667. The molecule has 5 nitrogen and oxygen atoms in total. The van der Waals surface area contributed by atoms with Crippen molar-refractivity contribution >= 4 is 23.2 Å². The number of carbonyl (C=O) groups is 2. The maximum atomic E-state index is 13.1. The number of hydrogen-bond donors (Lipinski definition) is 2. The van der Waals surface area contributed by atoms with Crippen LogP contribution >= 0.6 is 0 Å². The molecule has 0 aromatic heterocycles. The van der Waals surface area contributed by atoms with Crippen molar-refractivity contribution in [2.75, 3.05) is 17.2 Å². The molecule has 0 saturated heterocycles. The fourth-order valence-corrected chi connectivity index (χ4v) is 2.05. The van der Waals surface area contributed by atoms with E-state index in [4.69, 9.17) is 4.74 Å². The fourth-order valence-electron chi connectivity index (χ4n) is 2.05. The van der Waals surface area contributed by atoms with Gasteiger partial charge in [-0.05, 0) is 30.3 Å². The zero-order chi connectivity index (χ0) is 14.8. The van der Waals surface area contributed by atoms with E-state index in [9.17, 15) is 14.0 Å². The first kappa shape index (κ1) is 13.1. The molecule has 0 aliphatic carbocycles. The van der Waals surface area contributed by atoms with Crippen LogP contribution in [0.1, 0.15) is 10.4 Å². The van der Waals surface area contributed by atoms with Gasteiger partial charge in [0, 0.05) is 5.69 Å². The van der Waals surface area contributed by atoms with Gasteiger partial charge in [-0.1, -0.05) is 12.1 Å². The molecule has 0 unspecified atom stereocenters. The summed E-state index contributed by atoms with van der Waals surface area (Å²) in [6.45, 7) is -0.0814. The van der Waals surface area contributed by atoms with Crippen LogP contribution in [0.25, 0.3) is 0 Å². The quantitative estimate of drug-likeness (QED) is 0.891. The molecule has 21 heavy (non-hydrogen) atoms. The van der Waals surface area contributed by atoms with Crippen molar-refractivity contribution in [3.05, 3.63) is 53.8 Å². The van der Waals surface area contributed by atoms with Crippen LogP contribution in [0.4, 0.5) is 15.8 Å². The van der Waals surface area contributed by atoms with Gasteiger partial charge in [-0.2, -0.15) is 0 Å². The van der Waals surface area contributed by atoms with E-state index in [-0.39, 0.29) is 18.1 Å². The number of fused-ring (bicyclic) bond motifs is 1. The lowest BCUT2D eigenvalue weighted by Gasteiger charge is -2.20. The van der Waals surface area contributed by atoms with E-state index in [0.717, 1.165) is 0 Å². The summed E-state index contributed by atoms with van der Waals surface area (Å²) in [5.74, 6) is -0.794. The van der Waals surface area contributed by atoms with E-state index >= 15 is 0 Å². The van der Waals surface area contributed by atoms with E-state index in [1.807, 2.05) is 0 Å². The maximum absolute atomic E-state index is 13.1. The highest BCUT2D eigenvalue weighted by Crippen LogP contribution is 2.31. The van der Waals surface area contributed by atoms with Crippen LogP contribution in [0.15, 0.2) is 42.5 Å². The van der Waals surface area contributed by atoms with Crippen LogP contribution in [-0.2, 0) is 4.79 Å². The summed E-state index contributed by atoms with van der Waals surface area (Å²) in [4.78, 5) is 23.6. The molecule has 0 fully saturated rings. The van der Waals surface area contributed by atoms with Crippen molar-refractivity contribution in [1.29, 1.82) is 0 Å². The molecule has 0 spiro atoms. The second-order valence-electron chi connectivity index (χ2n) is 4.48. The van der Waals surface area contributed by atoms with Gasteiger partial charge in [0.05, 0.1) is 11.3 Å². The Morgan fingerprint density at radius 3 is 2.86 bits per heavy atom. The number of halogens is 1. The average molecular weight is 286 g/mol. The first-order valence-corrected chi connectivity index (χ1v) is 6.26. The lowest BCUT2D eigenvalue weighted by atomic mass is 10.1. The predicted molar refractivity (Wildman–Crippen MR) is 74.9 cm³/mol. The molecule has 2 amide bonds. The first-order chi connectivity index (χ1) is 10.1. The molecule has 2 aromatic carbocycles. The zero-order valence-electron chi connectivity index (χ0n) is 10.9. The molecule has 106 valence electrons. The molecule has 6 heteroatoms. The van der Waals surface area contributed by atoms with Gasteiger partial charge in [0.1, 0.15) is 11.6 Å². The van der Waals surface area contributed by atoms with Crippen molar-refractivity contribution in [2.45, 2.75) is 0 Å². The van der Waals surface area contributed by atoms with Crippen LogP contribution in [0.3, 0.4) is 0 Å². The minimum absolute atomic E-state index is 0.0814. The maximum Gasteiger partial charge on any atom is 0.262 e. The number of benzene rings is 2. The third-order valence-corrected chi connectivity index (χ3v) is 2.98. The molecule has 1 aliphatic heterocycles. The zero-order valence-corrected chi connectivity index (χ0v) is 10.9. The van der Waals surface area contributed by atoms with Gasteiger partial charge in [0.15, 0.2) is 6.61 Å². The largest absolute Gasteiger partial charge is 0.482 e. The number of carbonyl (C=O) groups excluding carboxylic acids is 2. The second-order valence-corrected chi connectivity index (χ2v) is 4.48. The average Bonchev–Trinajstić information content (AvgIpc) is 2.46. The van der Waals surface area contributed by atoms with Crippen molar-refractivity contribution in [3.8, 4) is 5.75 Å². The molecule has 3 rings (SSSR count). The van der Waals surface area contributed by atoms with Gasteiger partial charge in [-0.15, -0.1) is 0 Å². The summed E-state index contributed by atoms with van der Waals surface area (Å²) in [5, 5.41) is 5.19. The van der Waals surface area contributed by atoms with Crippen molar-refractivity contribution in [2.24, 2.45) is 0 Å². The van der Waals surface area contributed by atoms with E-state index in [1.165, 1.54) is 18.2 Å². The Balaban J connectivity index is 1.90. The number of rotatable bonds is 2. The van der Waals surface area contributed by atoms with Gasteiger partial charge in [-0.3, -0.25) is 9.59 Å². The predicted octanol–water partition coefficient (Wildman–Crippen LogP) is 2.41. The number of para-hydroxylation sites is 1. The summed E-state index contributed by atoms with van der Waals surface area (Å²) in [5.41, 5.74) is 0.910. The summed E-state index contributed by atoms with van der Waals surface area (Å²) < 4.78 is 18.4. The molecule has 0 bridgehead atoms. The van der Waals surface area contributed by atoms with Crippen LogP contribution in [0.5, 0.6) is 5.75 Å². The van der Waals surface area contributed by atoms with Crippen LogP contribution < -0.4 is 15.4 Å². The Bertz CT molecular complexity index is 731. The second kappa shape index (κ2) is 5.24. The molecule has 0 atom stereocenters. The Kier molecular flexibility index (Phi) is 3.27. The van der Waals surface area contributed by atoms with Gasteiger partial charge >= 0.3 is 0 Å². The highest BCUT2D eigenvalue weighted by Gasteiger charge is 2.22. The monoisotopic (exact) mass is 286 g/mol. The van der Waals surface area contributed by atoms with E-state index in [0.29, 0.717) is 17.1 Å². The molecule has 1 heterocycles. The van der Waals surface area contributed by atoms with Crippen molar-refractivity contribution in [3.63, 3.8) is 0 Å². The molecular formula is C15H11FN2O3. The highest BCUT2D eigenvalue weighted by atomic mass is 19.1. The smallest absolute Gasteiger partial charge is 0.262 e. The van der Waals surface area contributed by atoms with E-state index in [2.05, 4.69) is 10.6 Å². The van der Waals surface area contributed by atoms with Gasteiger partial charge in [-0.25, -0.2) is 4.39 Å². The third-order valence-electron chi connectivity index (χ3n) is 2.98. The molecule has 0 saturated carbocycles. The van der Waals surface area contributed by atoms with Crippen molar-refractivity contribution in [1.82, 2.24) is 0 Å². The number of amides is 2. The number of ether oxygens (including phenoxy) is 1. The van der Waals surface area contributed by atoms with Gasteiger partial charge < -0.3 is 15.4 Å². The standard InChI is InChI=1S/C15H11FN2O3/c16-9-3-1-4-10(7-9)17-15(20)11-5-2-6-12-14(11)18-13(19)8-21-12/h1-7H,8H2,(H,17,20)(H,18,19). The van der Waals surface area contributed by atoms with Crippen LogP contribution in [0.2, 0.25) is 0 Å². The first-order valence-electron chi connectivity index (χ1n) is 6.26. The molecule has 1 aliphatic rings.